The molecule has 0 saturated heterocycles. The van der Waals surface area contributed by atoms with Gasteiger partial charge in [0.15, 0.2) is 0 Å². The number of benzene rings is 3. The van der Waals surface area contributed by atoms with Crippen LogP contribution in [0.2, 0.25) is 0 Å². The quantitative estimate of drug-likeness (QED) is 0.384. The van der Waals surface area contributed by atoms with E-state index in [1.165, 1.54) is 11.3 Å². The summed E-state index contributed by atoms with van der Waals surface area (Å²) in [5, 5.41) is 0. The highest BCUT2D eigenvalue weighted by Crippen LogP contribution is 2.40. The van der Waals surface area contributed by atoms with E-state index in [4.69, 9.17) is 4.74 Å². The number of hydrogen-bond acceptors (Lipinski definition) is 3. The summed E-state index contributed by atoms with van der Waals surface area (Å²) >= 11 is 1.53. The van der Waals surface area contributed by atoms with E-state index >= 15 is 0 Å². The molecule has 0 aliphatic rings. The zero-order valence-corrected chi connectivity index (χ0v) is 15.7. The van der Waals surface area contributed by atoms with Crippen molar-refractivity contribution in [2.45, 2.75) is 0 Å². The molecule has 0 bridgehead atoms. The summed E-state index contributed by atoms with van der Waals surface area (Å²) in [6, 6.07) is 29.7. The van der Waals surface area contributed by atoms with Crippen molar-refractivity contribution in [1.29, 1.82) is 0 Å². The summed E-state index contributed by atoms with van der Waals surface area (Å²) in [5.41, 5.74) is 3.94. The Labute approximate surface area is 162 Å². The van der Waals surface area contributed by atoms with E-state index < -0.39 is 0 Å². The molecule has 0 N–H and O–H groups in total. The third kappa shape index (κ3) is 3.55. The van der Waals surface area contributed by atoms with Crippen LogP contribution in [0.3, 0.4) is 0 Å². The number of ketones is 1. The maximum absolute atomic E-state index is 13.1. The van der Waals surface area contributed by atoms with Crippen LogP contribution in [0.4, 0.5) is 0 Å². The molecule has 0 aliphatic carbocycles. The lowest BCUT2D eigenvalue weighted by atomic mass is 10.0. The predicted octanol–water partition coefficient (Wildman–Crippen LogP) is 6.32. The molecule has 0 saturated carbocycles. The van der Waals surface area contributed by atoms with Gasteiger partial charge in [-0.2, -0.15) is 0 Å². The van der Waals surface area contributed by atoms with E-state index in [-0.39, 0.29) is 5.78 Å². The lowest BCUT2D eigenvalue weighted by Crippen LogP contribution is -1.98. The lowest BCUT2D eigenvalue weighted by Gasteiger charge is -2.03. The number of rotatable bonds is 5. The van der Waals surface area contributed by atoms with Crippen molar-refractivity contribution in [3.05, 3.63) is 101 Å². The summed E-state index contributed by atoms with van der Waals surface area (Å²) in [6.45, 7) is 0. The first-order valence-corrected chi connectivity index (χ1v) is 9.51. The molecule has 4 rings (SSSR count). The van der Waals surface area contributed by atoms with Crippen LogP contribution in [0.1, 0.15) is 15.2 Å². The summed E-state index contributed by atoms with van der Waals surface area (Å²) < 4.78 is 5.26. The van der Waals surface area contributed by atoms with Crippen molar-refractivity contribution in [2.24, 2.45) is 0 Å². The Kier molecular flexibility index (Phi) is 4.86. The maximum Gasteiger partial charge on any atom is 0.203 e. The maximum atomic E-state index is 13.1. The monoisotopic (exact) mass is 370 g/mol. The van der Waals surface area contributed by atoms with Crippen LogP contribution < -0.4 is 4.74 Å². The summed E-state index contributed by atoms with van der Waals surface area (Å²) in [4.78, 5) is 14.9. The largest absolute Gasteiger partial charge is 0.497 e. The van der Waals surface area contributed by atoms with Gasteiger partial charge in [-0.15, -0.1) is 11.3 Å². The summed E-state index contributed by atoms with van der Waals surface area (Å²) in [7, 11) is 1.61. The highest BCUT2D eigenvalue weighted by molar-refractivity contribution is 7.18. The number of thiophene rings is 1. The third-order valence-electron chi connectivity index (χ3n) is 4.41. The fraction of sp³-hybridized carbons (Fsp3) is 0.0417. The van der Waals surface area contributed by atoms with Gasteiger partial charge >= 0.3 is 0 Å². The molecule has 0 radical (unpaired) electrons. The first-order valence-electron chi connectivity index (χ1n) is 8.69. The van der Waals surface area contributed by atoms with Crippen LogP contribution in [-0.4, -0.2) is 12.9 Å². The van der Waals surface area contributed by atoms with Gasteiger partial charge in [-0.3, -0.25) is 4.79 Å². The van der Waals surface area contributed by atoms with Gasteiger partial charge in [0.2, 0.25) is 5.78 Å². The van der Waals surface area contributed by atoms with E-state index in [9.17, 15) is 4.79 Å². The molecule has 0 spiro atoms. The molecule has 0 atom stereocenters. The molecule has 3 heteroatoms. The zero-order valence-electron chi connectivity index (χ0n) is 14.9. The Bertz CT molecular complexity index is 1010. The van der Waals surface area contributed by atoms with E-state index in [0.717, 1.165) is 26.4 Å². The van der Waals surface area contributed by atoms with E-state index in [1.54, 1.807) is 13.2 Å². The van der Waals surface area contributed by atoms with Gasteiger partial charge in [-0.1, -0.05) is 72.8 Å². The van der Waals surface area contributed by atoms with Crippen LogP contribution in [0.5, 0.6) is 5.75 Å². The predicted molar refractivity (Wildman–Crippen MR) is 112 cm³/mol. The van der Waals surface area contributed by atoms with Crippen molar-refractivity contribution in [1.82, 2.24) is 0 Å². The molecular weight excluding hydrogens is 352 g/mol. The van der Waals surface area contributed by atoms with Crippen LogP contribution in [0, 0.1) is 0 Å². The van der Waals surface area contributed by atoms with Gasteiger partial charge in [0.05, 0.1) is 12.0 Å². The van der Waals surface area contributed by atoms with Gasteiger partial charge in [-0.25, -0.2) is 0 Å². The molecule has 0 unspecified atom stereocenters. The molecule has 3 aromatic carbocycles. The normalized spacial score (nSPS) is 10.6. The Hall–Kier alpha value is -3.17. The smallest absolute Gasteiger partial charge is 0.203 e. The minimum Gasteiger partial charge on any atom is -0.497 e. The molecule has 132 valence electrons. The molecular formula is C24H18O2S. The van der Waals surface area contributed by atoms with Gasteiger partial charge in [0.1, 0.15) is 5.75 Å². The molecule has 2 nitrogen and oxygen atoms in total. The molecule has 0 amide bonds. The molecule has 1 heterocycles. The topological polar surface area (TPSA) is 26.3 Å². The number of hydrogen-bond donors (Lipinski definition) is 0. The minimum atomic E-state index is 0.0123. The summed E-state index contributed by atoms with van der Waals surface area (Å²) in [6.07, 6.45) is 0. The highest BCUT2D eigenvalue weighted by atomic mass is 32.1. The Morgan fingerprint density at radius 3 is 2.11 bits per heavy atom. The number of carbonyl (C=O) groups is 1. The van der Waals surface area contributed by atoms with Crippen LogP contribution >= 0.6 is 11.3 Å². The Balaban J connectivity index is 1.83. The zero-order chi connectivity index (χ0) is 18.6. The second-order valence-corrected chi connectivity index (χ2v) is 7.20. The standard InChI is InChI=1S/C24H18O2S/c1-26-20-14-8-13-19(15-20)23(25)22-16-21(17-9-4-2-5-10-17)24(27-22)18-11-6-3-7-12-18/h2-16H,1H3. The van der Waals surface area contributed by atoms with Crippen LogP contribution in [-0.2, 0) is 0 Å². The van der Waals surface area contributed by atoms with Crippen LogP contribution in [0.15, 0.2) is 91.0 Å². The second-order valence-electron chi connectivity index (χ2n) is 6.15. The number of ether oxygens (including phenoxy) is 1. The van der Waals surface area contributed by atoms with E-state index in [2.05, 4.69) is 24.3 Å². The molecule has 4 aromatic rings. The lowest BCUT2D eigenvalue weighted by molar-refractivity contribution is 0.104. The SMILES string of the molecule is COc1cccc(C(=O)c2cc(-c3ccccc3)c(-c3ccccc3)s2)c1. The van der Waals surface area contributed by atoms with Crippen molar-refractivity contribution >= 4 is 17.1 Å². The third-order valence-corrected chi connectivity index (χ3v) is 5.59. The molecule has 27 heavy (non-hydrogen) atoms. The second kappa shape index (κ2) is 7.60. The van der Waals surface area contributed by atoms with E-state index in [1.807, 2.05) is 60.7 Å². The fourth-order valence-electron chi connectivity index (χ4n) is 3.05. The summed E-state index contributed by atoms with van der Waals surface area (Å²) in [5.74, 6) is 0.697. The molecule has 0 aliphatic heterocycles. The molecule has 0 fully saturated rings. The first-order chi connectivity index (χ1) is 13.3. The number of methoxy groups -OCH3 is 1. The minimum absolute atomic E-state index is 0.0123. The van der Waals surface area contributed by atoms with Gasteiger partial charge in [-0.05, 0) is 29.3 Å². The Morgan fingerprint density at radius 2 is 1.44 bits per heavy atom. The van der Waals surface area contributed by atoms with Crippen molar-refractivity contribution in [3.8, 4) is 27.3 Å². The number of carbonyl (C=O) groups excluding carboxylic acids is 1. The highest BCUT2D eigenvalue weighted by Gasteiger charge is 2.18. The van der Waals surface area contributed by atoms with E-state index in [0.29, 0.717) is 11.3 Å². The Morgan fingerprint density at radius 1 is 0.778 bits per heavy atom. The van der Waals surface area contributed by atoms with Crippen molar-refractivity contribution < 1.29 is 9.53 Å². The van der Waals surface area contributed by atoms with Crippen molar-refractivity contribution in [2.75, 3.05) is 7.11 Å². The van der Waals surface area contributed by atoms with Gasteiger partial charge in [0.25, 0.3) is 0 Å². The van der Waals surface area contributed by atoms with Gasteiger partial charge in [0, 0.05) is 16.0 Å². The average Bonchev–Trinajstić information content (AvgIpc) is 3.20. The average molecular weight is 370 g/mol. The fourth-order valence-corrected chi connectivity index (χ4v) is 4.19. The van der Waals surface area contributed by atoms with Gasteiger partial charge < -0.3 is 4.74 Å². The van der Waals surface area contributed by atoms with Crippen LogP contribution in [0.25, 0.3) is 21.6 Å². The molecule has 1 aromatic heterocycles. The van der Waals surface area contributed by atoms with Crippen molar-refractivity contribution in [3.63, 3.8) is 0 Å². The first kappa shape index (κ1) is 17.3.